The lowest BCUT2D eigenvalue weighted by molar-refractivity contribution is 1.33. The minimum Gasteiger partial charge on any atom is -0.265 e. The second kappa shape index (κ2) is 8.52. The maximum atomic E-state index is 7.50. The number of hydrogen-bond acceptors (Lipinski definition) is 4. The number of pyridine rings is 2. The molecule has 0 spiro atoms. The third-order valence-corrected chi connectivity index (χ3v) is 2.08. The maximum Gasteiger partial charge on any atom is 0.0701 e. The summed E-state index contributed by atoms with van der Waals surface area (Å²) >= 11 is 0. The molecule has 0 aliphatic heterocycles. The van der Waals surface area contributed by atoms with Crippen molar-refractivity contribution in [3.05, 3.63) is 78.1 Å². The van der Waals surface area contributed by atoms with Crippen LogP contribution in [0.15, 0.2) is 73.2 Å². The van der Waals surface area contributed by atoms with Crippen molar-refractivity contribution in [3.63, 3.8) is 0 Å². The van der Waals surface area contributed by atoms with E-state index in [1.807, 2.05) is 48.7 Å². The van der Waals surface area contributed by atoms with Crippen LogP contribution in [0.4, 0.5) is 0 Å². The van der Waals surface area contributed by atoms with Crippen LogP contribution in [0, 0.1) is 10.5 Å². The predicted molar refractivity (Wildman–Crippen MR) is 72.1 cm³/mol. The lowest BCUT2D eigenvalue weighted by Gasteiger charge is -1.91. The van der Waals surface area contributed by atoms with Gasteiger partial charge in [-0.15, -0.1) is 0 Å². The summed E-state index contributed by atoms with van der Waals surface area (Å²) in [5.41, 5.74) is 5.56. The second-order valence-corrected chi connectivity index (χ2v) is 3.22. The third-order valence-electron chi connectivity index (χ3n) is 2.08. The monoisotopic (exact) mass is 239 g/mol. The SMILES string of the molecule is N=O.c1ccc2ncccc2c1.c1ccncc1. The van der Waals surface area contributed by atoms with Gasteiger partial charge in [0.1, 0.15) is 0 Å². The largest absolute Gasteiger partial charge is 0.265 e. The highest BCUT2D eigenvalue weighted by atomic mass is 16.2. The van der Waals surface area contributed by atoms with Gasteiger partial charge in [-0.05, 0) is 24.3 Å². The number of hydrogen-bond donors (Lipinski definition) is 1. The molecule has 0 amide bonds. The van der Waals surface area contributed by atoms with Gasteiger partial charge in [-0.1, -0.05) is 35.9 Å². The molecule has 4 nitrogen and oxygen atoms in total. The number of nitrogens with zero attached hydrogens (tertiary/aromatic N) is 2. The average molecular weight is 239 g/mol. The quantitative estimate of drug-likeness (QED) is 0.609. The van der Waals surface area contributed by atoms with Crippen molar-refractivity contribution in [2.24, 2.45) is 0 Å². The number of fused-ring (bicyclic) bond motifs is 1. The Hall–Kier alpha value is -2.62. The van der Waals surface area contributed by atoms with Crippen LogP contribution >= 0.6 is 0 Å². The Morgan fingerprint density at radius 1 is 0.722 bits per heavy atom. The normalized spacial score (nSPS) is 8.44. The van der Waals surface area contributed by atoms with Crippen molar-refractivity contribution in [2.45, 2.75) is 0 Å². The summed E-state index contributed by atoms with van der Waals surface area (Å²) in [4.78, 5) is 15.5. The first kappa shape index (κ1) is 13.4. The van der Waals surface area contributed by atoms with E-state index in [2.05, 4.69) is 27.7 Å². The molecule has 3 rings (SSSR count). The fourth-order valence-corrected chi connectivity index (χ4v) is 1.33. The van der Waals surface area contributed by atoms with Crippen LogP contribution in [0.3, 0.4) is 0 Å². The molecule has 0 unspecified atom stereocenters. The minimum absolute atomic E-state index is 1.06. The summed E-state index contributed by atoms with van der Waals surface area (Å²) in [7, 11) is 0. The van der Waals surface area contributed by atoms with Crippen LogP contribution in [0.5, 0.6) is 0 Å². The fraction of sp³-hybridized carbons (Fsp3) is 0. The highest BCUT2D eigenvalue weighted by Crippen LogP contribution is 2.07. The molecule has 0 atom stereocenters. The number of nitrogens with one attached hydrogen (secondary N) is 1. The summed E-state index contributed by atoms with van der Waals surface area (Å²) in [6, 6.07) is 17.8. The molecule has 0 saturated carbocycles. The molecule has 0 saturated heterocycles. The fourth-order valence-electron chi connectivity index (χ4n) is 1.33. The maximum absolute atomic E-state index is 7.50. The van der Waals surface area contributed by atoms with Gasteiger partial charge < -0.3 is 0 Å². The lowest BCUT2D eigenvalue weighted by atomic mass is 10.2. The van der Waals surface area contributed by atoms with E-state index >= 15 is 0 Å². The molecule has 1 aromatic carbocycles. The molecule has 0 radical (unpaired) electrons. The van der Waals surface area contributed by atoms with Crippen molar-refractivity contribution in [1.82, 2.24) is 9.97 Å². The van der Waals surface area contributed by atoms with Crippen molar-refractivity contribution in [2.75, 3.05) is 0 Å². The molecule has 2 heterocycles. The van der Waals surface area contributed by atoms with Gasteiger partial charge in [-0.25, -0.2) is 0 Å². The van der Waals surface area contributed by atoms with E-state index in [0.717, 1.165) is 5.52 Å². The van der Waals surface area contributed by atoms with Gasteiger partial charge in [0.05, 0.1) is 5.52 Å². The van der Waals surface area contributed by atoms with Crippen LogP contribution < -0.4 is 0 Å². The molecule has 0 aliphatic carbocycles. The highest BCUT2D eigenvalue weighted by Gasteiger charge is 1.86. The van der Waals surface area contributed by atoms with Gasteiger partial charge >= 0.3 is 0 Å². The molecular formula is C14H13N3O. The second-order valence-electron chi connectivity index (χ2n) is 3.22. The first-order chi connectivity index (χ1) is 8.97. The number of nitroso groups, excluding NO2 is 1. The smallest absolute Gasteiger partial charge is 0.0701 e. The minimum atomic E-state index is 1.06. The molecular weight excluding hydrogens is 226 g/mol. The van der Waals surface area contributed by atoms with Gasteiger partial charge in [-0.2, -0.15) is 4.91 Å². The highest BCUT2D eigenvalue weighted by molar-refractivity contribution is 5.77. The number of para-hydroxylation sites is 1. The van der Waals surface area contributed by atoms with Gasteiger partial charge in [0.25, 0.3) is 0 Å². The Balaban J connectivity index is 0.000000174. The zero-order chi connectivity index (χ0) is 13.1. The standard InChI is InChI=1S/C9H7N.C5H5N.HNO/c1-2-6-9-8(4-1)5-3-7-10-9;1-2-4-6-5-3-1;1-2/h1-7H;1-5H;1H. The van der Waals surface area contributed by atoms with E-state index in [9.17, 15) is 0 Å². The third kappa shape index (κ3) is 4.49. The molecule has 0 fully saturated rings. The molecule has 2 aromatic heterocycles. The van der Waals surface area contributed by atoms with E-state index in [4.69, 9.17) is 4.91 Å². The Labute approximate surface area is 105 Å². The first-order valence-electron chi connectivity index (χ1n) is 5.32. The molecule has 1 N–H and O–H groups in total. The molecule has 3 aromatic rings. The topological polar surface area (TPSA) is 66.7 Å². The van der Waals surface area contributed by atoms with E-state index in [-0.39, 0.29) is 0 Å². The van der Waals surface area contributed by atoms with E-state index < -0.39 is 0 Å². The zero-order valence-electron chi connectivity index (χ0n) is 9.73. The van der Waals surface area contributed by atoms with Crippen molar-refractivity contribution in [3.8, 4) is 0 Å². The van der Waals surface area contributed by atoms with Crippen molar-refractivity contribution >= 4 is 10.9 Å². The van der Waals surface area contributed by atoms with Crippen LogP contribution in [-0.2, 0) is 0 Å². The number of rotatable bonds is 0. The Bertz CT molecular complexity index is 466. The van der Waals surface area contributed by atoms with E-state index in [0.29, 0.717) is 0 Å². The summed E-state index contributed by atoms with van der Waals surface area (Å²) < 4.78 is 0. The van der Waals surface area contributed by atoms with Crippen LogP contribution in [0.1, 0.15) is 0 Å². The van der Waals surface area contributed by atoms with E-state index in [1.165, 1.54) is 5.39 Å². The summed E-state index contributed by atoms with van der Waals surface area (Å²) in [6.07, 6.45) is 5.31. The van der Waals surface area contributed by atoms with Crippen LogP contribution in [0.2, 0.25) is 0 Å². The number of aromatic nitrogens is 2. The van der Waals surface area contributed by atoms with Crippen molar-refractivity contribution in [1.29, 1.82) is 5.59 Å². The Morgan fingerprint density at radius 2 is 1.39 bits per heavy atom. The summed E-state index contributed by atoms with van der Waals surface area (Å²) in [5, 5.41) is 1.20. The van der Waals surface area contributed by atoms with E-state index in [1.54, 1.807) is 12.4 Å². The molecule has 4 heteroatoms. The summed E-state index contributed by atoms with van der Waals surface area (Å²) in [6.45, 7) is 0. The predicted octanol–water partition coefficient (Wildman–Crippen LogP) is 3.65. The molecule has 0 aliphatic rings. The molecule has 90 valence electrons. The van der Waals surface area contributed by atoms with Crippen LogP contribution in [-0.4, -0.2) is 9.97 Å². The Kier molecular flexibility index (Phi) is 6.37. The zero-order valence-corrected chi connectivity index (χ0v) is 9.73. The average Bonchev–Trinajstić information content (AvgIpc) is 2.52. The van der Waals surface area contributed by atoms with Crippen LogP contribution in [0.25, 0.3) is 10.9 Å². The lowest BCUT2D eigenvalue weighted by Crippen LogP contribution is -1.73. The summed E-state index contributed by atoms with van der Waals surface area (Å²) in [5.74, 6) is 0. The molecule has 18 heavy (non-hydrogen) atoms. The Morgan fingerprint density at radius 3 is 1.94 bits per heavy atom. The van der Waals surface area contributed by atoms with Crippen molar-refractivity contribution < 1.29 is 0 Å². The first-order valence-corrected chi connectivity index (χ1v) is 5.32. The van der Waals surface area contributed by atoms with Gasteiger partial charge in [-0.3, -0.25) is 9.97 Å². The van der Waals surface area contributed by atoms with Gasteiger partial charge in [0.15, 0.2) is 0 Å². The molecule has 0 bridgehead atoms. The number of benzene rings is 1. The van der Waals surface area contributed by atoms with Gasteiger partial charge in [0.2, 0.25) is 0 Å². The van der Waals surface area contributed by atoms with Gasteiger partial charge in [0, 0.05) is 24.0 Å².